The molecule has 0 aromatic rings. The van der Waals surface area contributed by atoms with Gasteiger partial charge in [-0.1, -0.05) is 0 Å². The second-order valence-electron chi connectivity index (χ2n) is 3.92. The molecule has 64 valence electrons. The summed E-state index contributed by atoms with van der Waals surface area (Å²) in [5, 5.41) is 0. The predicted molar refractivity (Wildman–Crippen MR) is 38.4 cm³/mol. The van der Waals surface area contributed by atoms with Crippen molar-refractivity contribution in [2.45, 2.75) is 37.6 Å². The molecule has 0 aliphatic heterocycles. The lowest BCUT2D eigenvalue weighted by Gasteiger charge is -2.40. The smallest absolute Gasteiger partial charge is 0.241 e. The Hall–Kier alpha value is -0.180. The topological polar surface area (TPSA) is 26.0 Å². The third-order valence-electron chi connectivity index (χ3n) is 3.22. The Kier molecular flexibility index (Phi) is 1.46. The standard InChI is InChI=1S/C8H13F2N/c9-7(10)5-1-2-6(5)8(11)3-4-8/h5-7H,1-4,11H2. The first-order valence-electron chi connectivity index (χ1n) is 4.20. The fourth-order valence-corrected chi connectivity index (χ4v) is 2.06. The second kappa shape index (κ2) is 2.16. The molecular weight excluding hydrogens is 148 g/mol. The summed E-state index contributed by atoms with van der Waals surface area (Å²) in [4.78, 5) is 0. The van der Waals surface area contributed by atoms with Gasteiger partial charge in [0.25, 0.3) is 0 Å². The number of rotatable bonds is 2. The summed E-state index contributed by atoms with van der Waals surface area (Å²) in [7, 11) is 0. The molecular formula is C8H13F2N. The normalized spacial score (nSPS) is 40.4. The van der Waals surface area contributed by atoms with Gasteiger partial charge in [-0.05, 0) is 31.6 Å². The van der Waals surface area contributed by atoms with Gasteiger partial charge in [0.15, 0.2) is 0 Å². The van der Waals surface area contributed by atoms with Gasteiger partial charge in [-0.25, -0.2) is 8.78 Å². The van der Waals surface area contributed by atoms with Crippen LogP contribution in [-0.4, -0.2) is 12.0 Å². The van der Waals surface area contributed by atoms with E-state index >= 15 is 0 Å². The fraction of sp³-hybridized carbons (Fsp3) is 1.00. The van der Waals surface area contributed by atoms with Gasteiger partial charge in [0.2, 0.25) is 6.43 Å². The molecule has 0 amide bonds. The van der Waals surface area contributed by atoms with E-state index in [9.17, 15) is 8.78 Å². The van der Waals surface area contributed by atoms with E-state index in [2.05, 4.69) is 0 Å². The van der Waals surface area contributed by atoms with Crippen LogP contribution in [0, 0.1) is 11.8 Å². The average molecular weight is 161 g/mol. The van der Waals surface area contributed by atoms with Gasteiger partial charge in [-0.3, -0.25) is 0 Å². The van der Waals surface area contributed by atoms with Crippen LogP contribution < -0.4 is 5.73 Å². The van der Waals surface area contributed by atoms with Gasteiger partial charge in [-0.2, -0.15) is 0 Å². The Morgan fingerprint density at radius 3 is 2.18 bits per heavy atom. The molecule has 2 saturated carbocycles. The van der Waals surface area contributed by atoms with Gasteiger partial charge in [0.05, 0.1) is 0 Å². The molecule has 0 spiro atoms. The molecule has 2 atom stereocenters. The quantitative estimate of drug-likeness (QED) is 0.656. The fourth-order valence-electron chi connectivity index (χ4n) is 2.06. The van der Waals surface area contributed by atoms with Crippen molar-refractivity contribution in [2.24, 2.45) is 17.6 Å². The Morgan fingerprint density at radius 2 is 1.91 bits per heavy atom. The molecule has 2 N–H and O–H groups in total. The SMILES string of the molecule is NC1(C2CCC2C(F)F)CC1. The van der Waals surface area contributed by atoms with Crippen molar-refractivity contribution in [1.82, 2.24) is 0 Å². The molecule has 0 bridgehead atoms. The van der Waals surface area contributed by atoms with E-state index in [1.807, 2.05) is 0 Å². The van der Waals surface area contributed by atoms with E-state index < -0.39 is 6.43 Å². The van der Waals surface area contributed by atoms with Crippen molar-refractivity contribution in [1.29, 1.82) is 0 Å². The number of halogens is 2. The van der Waals surface area contributed by atoms with Gasteiger partial charge >= 0.3 is 0 Å². The zero-order valence-electron chi connectivity index (χ0n) is 6.39. The van der Waals surface area contributed by atoms with Crippen LogP contribution in [0.2, 0.25) is 0 Å². The lowest BCUT2D eigenvalue weighted by atomic mass is 9.68. The highest BCUT2D eigenvalue weighted by Gasteiger charge is 2.54. The molecule has 0 aromatic heterocycles. The summed E-state index contributed by atoms with van der Waals surface area (Å²) in [6.07, 6.45) is 1.38. The first-order chi connectivity index (χ1) is 5.13. The molecule has 2 aliphatic rings. The highest BCUT2D eigenvalue weighted by atomic mass is 19.3. The molecule has 2 aliphatic carbocycles. The van der Waals surface area contributed by atoms with E-state index in [-0.39, 0.29) is 17.4 Å². The van der Waals surface area contributed by atoms with Crippen LogP contribution in [0.3, 0.4) is 0 Å². The Labute approximate surface area is 65.0 Å². The summed E-state index contributed by atoms with van der Waals surface area (Å²) in [5.74, 6) is -0.259. The van der Waals surface area contributed by atoms with Crippen LogP contribution in [0.1, 0.15) is 25.7 Å². The molecule has 2 unspecified atom stereocenters. The Bertz CT molecular complexity index is 165. The number of hydrogen-bond donors (Lipinski definition) is 1. The first kappa shape index (κ1) is 7.47. The van der Waals surface area contributed by atoms with Gasteiger partial charge in [0, 0.05) is 11.5 Å². The molecule has 0 heterocycles. The average Bonchev–Trinajstić information content (AvgIpc) is 2.42. The second-order valence-corrected chi connectivity index (χ2v) is 3.92. The van der Waals surface area contributed by atoms with Gasteiger partial charge in [0.1, 0.15) is 0 Å². The van der Waals surface area contributed by atoms with Crippen LogP contribution >= 0.6 is 0 Å². The predicted octanol–water partition coefficient (Wildman–Crippen LogP) is 1.77. The summed E-state index contributed by atoms with van der Waals surface area (Å²) in [6, 6.07) is 0. The lowest BCUT2D eigenvalue weighted by Crippen LogP contribution is -2.46. The van der Waals surface area contributed by atoms with E-state index in [1.54, 1.807) is 0 Å². The summed E-state index contributed by atoms with van der Waals surface area (Å²) >= 11 is 0. The highest BCUT2D eigenvalue weighted by Crippen LogP contribution is 2.53. The van der Waals surface area contributed by atoms with E-state index in [1.165, 1.54) is 0 Å². The summed E-state index contributed by atoms with van der Waals surface area (Å²) < 4.78 is 24.5. The number of hydrogen-bond acceptors (Lipinski definition) is 1. The van der Waals surface area contributed by atoms with E-state index in [0.717, 1.165) is 19.3 Å². The molecule has 0 aromatic carbocycles. The zero-order valence-corrected chi connectivity index (χ0v) is 6.39. The third kappa shape index (κ3) is 1.06. The van der Waals surface area contributed by atoms with Crippen molar-refractivity contribution in [3.8, 4) is 0 Å². The molecule has 0 radical (unpaired) electrons. The minimum atomic E-state index is -2.14. The monoisotopic (exact) mass is 161 g/mol. The van der Waals surface area contributed by atoms with Gasteiger partial charge < -0.3 is 5.73 Å². The van der Waals surface area contributed by atoms with Crippen LogP contribution in [-0.2, 0) is 0 Å². The van der Waals surface area contributed by atoms with Crippen molar-refractivity contribution in [2.75, 3.05) is 0 Å². The van der Waals surface area contributed by atoms with E-state index in [4.69, 9.17) is 5.73 Å². The van der Waals surface area contributed by atoms with Crippen molar-refractivity contribution in [3.63, 3.8) is 0 Å². The molecule has 0 saturated heterocycles. The molecule has 2 fully saturated rings. The highest BCUT2D eigenvalue weighted by molar-refractivity contribution is 5.09. The largest absolute Gasteiger partial charge is 0.325 e. The van der Waals surface area contributed by atoms with E-state index in [0.29, 0.717) is 6.42 Å². The zero-order chi connectivity index (χ0) is 8.06. The number of nitrogens with two attached hydrogens (primary N) is 1. The van der Waals surface area contributed by atoms with Crippen LogP contribution in [0.4, 0.5) is 8.78 Å². The van der Waals surface area contributed by atoms with Crippen LogP contribution in [0.25, 0.3) is 0 Å². The van der Waals surface area contributed by atoms with Crippen molar-refractivity contribution in [3.05, 3.63) is 0 Å². The Morgan fingerprint density at radius 1 is 1.27 bits per heavy atom. The minimum absolute atomic E-state index is 0.127. The van der Waals surface area contributed by atoms with Crippen LogP contribution in [0.5, 0.6) is 0 Å². The third-order valence-corrected chi connectivity index (χ3v) is 3.22. The molecule has 11 heavy (non-hydrogen) atoms. The minimum Gasteiger partial charge on any atom is -0.325 e. The first-order valence-corrected chi connectivity index (χ1v) is 4.20. The maximum atomic E-state index is 12.2. The van der Waals surface area contributed by atoms with Crippen molar-refractivity contribution < 1.29 is 8.78 Å². The van der Waals surface area contributed by atoms with Crippen LogP contribution in [0.15, 0.2) is 0 Å². The Balaban J connectivity index is 1.96. The molecule has 3 heteroatoms. The number of alkyl halides is 2. The summed E-state index contributed by atoms with van der Waals surface area (Å²) in [6.45, 7) is 0. The maximum absolute atomic E-state index is 12.2. The lowest BCUT2D eigenvalue weighted by molar-refractivity contribution is -0.0258. The molecule has 1 nitrogen and oxygen atoms in total. The van der Waals surface area contributed by atoms with Gasteiger partial charge in [-0.15, -0.1) is 0 Å². The van der Waals surface area contributed by atoms with Crippen molar-refractivity contribution >= 4 is 0 Å². The summed E-state index contributed by atoms with van der Waals surface area (Å²) in [5.41, 5.74) is 5.67. The molecule has 2 rings (SSSR count). The maximum Gasteiger partial charge on any atom is 0.241 e.